The zero-order chi connectivity index (χ0) is 16.5. The van der Waals surface area contributed by atoms with E-state index in [0.717, 1.165) is 38.5 Å². The van der Waals surface area contributed by atoms with E-state index in [1.165, 1.54) is 5.57 Å². The van der Waals surface area contributed by atoms with Gasteiger partial charge in [0, 0.05) is 10.8 Å². The Bertz CT molecular complexity index is 666. The third-order valence-electron chi connectivity index (χ3n) is 7.95. The Morgan fingerprint density at radius 3 is 2.70 bits per heavy atom. The van der Waals surface area contributed by atoms with Crippen molar-refractivity contribution in [1.82, 2.24) is 0 Å². The summed E-state index contributed by atoms with van der Waals surface area (Å²) in [5, 5.41) is 11.0. The fourth-order valence-corrected chi connectivity index (χ4v) is 6.45. The first kappa shape index (κ1) is 15.2. The third kappa shape index (κ3) is 1.78. The van der Waals surface area contributed by atoms with Crippen molar-refractivity contribution in [3.63, 3.8) is 0 Å². The van der Waals surface area contributed by atoms with Crippen LogP contribution >= 0.6 is 0 Å². The monoisotopic (exact) mass is 310 g/mol. The Labute approximate surface area is 139 Å². The zero-order valence-electron chi connectivity index (χ0n) is 14.1. The maximum atomic E-state index is 11.8. The summed E-state index contributed by atoms with van der Waals surface area (Å²) in [7, 11) is 0. The van der Waals surface area contributed by atoms with Gasteiger partial charge in [-0.1, -0.05) is 31.4 Å². The summed E-state index contributed by atoms with van der Waals surface area (Å²) in [4.78, 5) is 11.8. The molecule has 23 heavy (non-hydrogen) atoms. The summed E-state index contributed by atoms with van der Waals surface area (Å²) in [6.45, 7) is 4.53. The van der Waals surface area contributed by atoms with Crippen molar-refractivity contribution in [2.45, 2.75) is 58.0 Å². The fraction of sp³-hybridized carbons (Fsp3) is 0.667. The minimum Gasteiger partial charge on any atom is -0.377 e. The fourth-order valence-electron chi connectivity index (χ4n) is 6.45. The molecule has 0 aromatic rings. The maximum absolute atomic E-state index is 11.8. The average Bonchev–Trinajstić information content (AvgIpc) is 2.80. The van der Waals surface area contributed by atoms with Crippen LogP contribution in [0.5, 0.6) is 0 Å². The van der Waals surface area contributed by atoms with E-state index < -0.39 is 5.60 Å². The first-order valence-corrected chi connectivity index (χ1v) is 8.98. The molecule has 1 N–H and O–H groups in total. The Hall–Kier alpha value is -1.33. The van der Waals surface area contributed by atoms with Crippen molar-refractivity contribution >= 4 is 5.78 Å². The molecule has 4 rings (SSSR count). The maximum Gasteiger partial charge on any atom is 0.178 e. The normalized spacial score (nSPS) is 51.3. The molecule has 6 atom stereocenters. The molecule has 0 aliphatic heterocycles. The first-order valence-electron chi connectivity index (χ1n) is 8.98. The number of aliphatic hydroxyl groups is 1. The number of terminal acetylenes is 1. The van der Waals surface area contributed by atoms with E-state index in [2.05, 4.69) is 25.8 Å². The van der Waals surface area contributed by atoms with Crippen molar-refractivity contribution in [2.75, 3.05) is 0 Å². The number of carbonyl (C=O) groups is 1. The van der Waals surface area contributed by atoms with E-state index in [0.29, 0.717) is 17.8 Å². The number of ketones is 1. The van der Waals surface area contributed by atoms with Crippen LogP contribution in [0.4, 0.5) is 0 Å². The number of fused-ring (bicyclic) bond motifs is 5. The Morgan fingerprint density at radius 2 is 1.96 bits per heavy atom. The Kier molecular flexibility index (Phi) is 3.05. The SMILES string of the molecule is C#C[C@@]1(O)CC[C@H]2[C@@H]3CCC4=CC(=O)C=C[C@]4(C)[C@H]3CC[C@@]21C. The molecular formula is C21H26O2. The topological polar surface area (TPSA) is 37.3 Å². The molecule has 122 valence electrons. The van der Waals surface area contributed by atoms with Crippen molar-refractivity contribution < 1.29 is 9.90 Å². The van der Waals surface area contributed by atoms with Gasteiger partial charge >= 0.3 is 0 Å². The van der Waals surface area contributed by atoms with Crippen LogP contribution in [0.15, 0.2) is 23.8 Å². The molecule has 0 amide bonds. The molecule has 0 bridgehead atoms. The van der Waals surface area contributed by atoms with Gasteiger partial charge in [-0.15, -0.1) is 6.42 Å². The molecule has 0 heterocycles. The lowest BCUT2D eigenvalue weighted by Crippen LogP contribution is -2.53. The van der Waals surface area contributed by atoms with E-state index in [4.69, 9.17) is 6.42 Å². The van der Waals surface area contributed by atoms with E-state index >= 15 is 0 Å². The highest BCUT2D eigenvalue weighted by molar-refractivity contribution is 6.01. The summed E-state index contributed by atoms with van der Waals surface area (Å²) in [6.07, 6.45) is 17.5. The average molecular weight is 310 g/mol. The van der Waals surface area contributed by atoms with Crippen LogP contribution in [0, 0.1) is 40.9 Å². The Morgan fingerprint density at radius 1 is 1.22 bits per heavy atom. The van der Waals surface area contributed by atoms with Crippen LogP contribution in [-0.4, -0.2) is 16.5 Å². The minimum atomic E-state index is -0.933. The van der Waals surface area contributed by atoms with Crippen LogP contribution < -0.4 is 0 Å². The van der Waals surface area contributed by atoms with E-state index in [1.54, 1.807) is 6.08 Å². The summed E-state index contributed by atoms with van der Waals surface area (Å²) >= 11 is 0. The number of carbonyl (C=O) groups excluding carboxylic acids is 1. The summed E-state index contributed by atoms with van der Waals surface area (Å²) in [6, 6.07) is 0. The second-order valence-corrected chi connectivity index (χ2v) is 8.60. The molecule has 2 nitrogen and oxygen atoms in total. The molecule has 4 aliphatic carbocycles. The summed E-state index contributed by atoms with van der Waals surface area (Å²) in [5.74, 6) is 4.56. The van der Waals surface area contributed by atoms with Gasteiger partial charge in [0.2, 0.25) is 0 Å². The second-order valence-electron chi connectivity index (χ2n) is 8.60. The van der Waals surface area contributed by atoms with Crippen molar-refractivity contribution in [3.8, 4) is 12.3 Å². The highest BCUT2D eigenvalue weighted by atomic mass is 16.3. The highest BCUT2D eigenvalue weighted by Gasteiger charge is 2.63. The lowest BCUT2D eigenvalue weighted by atomic mass is 9.47. The molecule has 3 saturated carbocycles. The molecule has 0 radical (unpaired) electrons. The van der Waals surface area contributed by atoms with Gasteiger partial charge in [-0.2, -0.15) is 0 Å². The lowest BCUT2D eigenvalue weighted by Gasteiger charge is -2.57. The smallest absolute Gasteiger partial charge is 0.178 e. The molecular weight excluding hydrogens is 284 g/mol. The summed E-state index contributed by atoms with van der Waals surface area (Å²) in [5.41, 5.74) is 0.266. The predicted octanol–water partition coefficient (Wildman–Crippen LogP) is 3.66. The number of allylic oxidation sites excluding steroid dienone is 4. The second kappa shape index (κ2) is 4.61. The first-order chi connectivity index (χ1) is 10.8. The van der Waals surface area contributed by atoms with Gasteiger partial charge in [0.05, 0.1) is 0 Å². The van der Waals surface area contributed by atoms with Gasteiger partial charge in [-0.05, 0) is 68.4 Å². The van der Waals surface area contributed by atoms with E-state index in [1.807, 2.05) is 6.08 Å². The quantitative estimate of drug-likeness (QED) is 0.693. The number of rotatable bonds is 0. The molecule has 4 aliphatic rings. The van der Waals surface area contributed by atoms with Crippen molar-refractivity contribution in [2.24, 2.45) is 28.6 Å². The van der Waals surface area contributed by atoms with Gasteiger partial charge in [0.25, 0.3) is 0 Å². The van der Waals surface area contributed by atoms with Gasteiger partial charge in [0.1, 0.15) is 5.60 Å². The predicted molar refractivity (Wildman–Crippen MR) is 90.4 cm³/mol. The number of hydrogen-bond acceptors (Lipinski definition) is 2. The highest BCUT2D eigenvalue weighted by Crippen LogP contribution is 2.66. The van der Waals surface area contributed by atoms with Gasteiger partial charge < -0.3 is 5.11 Å². The molecule has 0 spiro atoms. The van der Waals surface area contributed by atoms with Crippen molar-refractivity contribution in [1.29, 1.82) is 0 Å². The van der Waals surface area contributed by atoms with Gasteiger partial charge in [-0.25, -0.2) is 0 Å². The number of hydrogen-bond donors (Lipinski definition) is 1. The third-order valence-corrected chi connectivity index (χ3v) is 7.95. The minimum absolute atomic E-state index is 0.0228. The van der Waals surface area contributed by atoms with Crippen LogP contribution in [0.2, 0.25) is 0 Å². The van der Waals surface area contributed by atoms with E-state index in [-0.39, 0.29) is 16.6 Å². The lowest BCUT2D eigenvalue weighted by molar-refractivity contribution is -0.111. The molecule has 0 unspecified atom stereocenters. The standard InChI is InChI=1S/C21H26O2/c1-4-21(23)12-9-18-16-6-5-14-13-15(22)7-10-19(14,2)17(16)8-11-20(18,21)3/h1,7,10,13,16-18,23H,5-6,8-9,11-12H2,2-3H3/t16-,17+,18+,19+,20+,21-/m1/s1. The van der Waals surface area contributed by atoms with Crippen LogP contribution in [0.25, 0.3) is 0 Å². The van der Waals surface area contributed by atoms with Crippen LogP contribution in [0.3, 0.4) is 0 Å². The molecule has 3 fully saturated rings. The van der Waals surface area contributed by atoms with Gasteiger partial charge in [0.15, 0.2) is 5.78 Å². The zero-order valence-corrected chi connectivity index (χ0v) is 14.1. The largest absolute Gasteiger partial charge is 0.377 e. The molecule has 2 heteroatoms. The summed E-state index contributed by atoms with van der Waals surface area (Å²) < 4.78 is 0. The molecule has 0 aromatic carbocycles. The van der Waals surface area contributed by atoms with Gasteiger partial charge in [-0.3, -0.25) is 4.79 Å². The van der Waals surface area contributed by atoms with E-state index in [9.17, 15) is 9.90 Å². The van der Waals surface area contributed by atoms with Crippen LogP contribution in [0.1, 0.15) is 52.4 Å². The Balaban J connectivity index is 1.72. The molecule has 0 aromatic heterocycles. The van der Waals surface area contributed by atoms with Crippen LogP contribution in [-0.2, 0) is 4.79 Å². The van der Waals surface area contributed by atoms with Crippen molar-refractivity contribution in [3.05, 3.63) is 23.8 Å². The molecule has 0 saturated heterocycles.